The van der Waals surface area contributed by atoms with Crippen LogP contribution in [0.2, 0.25) is 0 Å². The summed E-state index contributed by atoms with van der Waals surface area (Å²) in [6.07, 6.45) is 3.83. The number of hydrogen-bond donors (Lipinski definition) is 2. The second kappa shape index (κ2) is 8.64. The van der Waals surface area contributed by atoms with Crippen LogP contribution in [0.4, 0.5) is 5.69 Å². The van der Waals surface area contributed by atoms with Gasteiger partial charge in [-0.15, -0.1) is 0 Å². The van der Waals surface area contributed by atoms with Crippen LogP contribution in [0.3, 0.4) is 0 Å². The number of carbonyl (C=O) groups is 3. The van der Waals surface area contributed by atoms with Gasteiger partial charge in [0, 0.05) is 19.5 Å². The number of amides is 2. The van der Waals surface area contributed by atoms with Crippen molar-refractivity contribution >= 4 is 23.5 Å². The van der Waals surface area contributed by atoms with Gasteiger partial charge in [-0.25, -0.2) is 4.68 Å². The van der Waals surface area contributed by atoms with Crippen LogP contribution in [0.25, 0.3) is 5.69 Å². The van der Waals surface area contributed by atoms with Crippen molar-refractivity contribution in [1.82, 2.24) is 14.7 Å². The van der Waals surface area contributed by atoms with Crippen LogP contribution in [0, 0.1) is 24.2 Å². The Morgan fingerprint density at radius 1 is 1.08 bits per heavy atom. The maximum absolute atomic E-state index is 13.5. The number of carbonyl (C=O) groups excluding carboxylic acids is 3. The number of benzene rings is 1. The van der Waals surface area contributed by atoms with Gasteiger partial charge in [0.2, 0.25) is 5.91 Å². The van der Waals surface area contributed by atoms with Gasteiger partial charge < -0.3 is 15.4 Å². The molecule has 4 saturated carbocycles. The van der Waals surface area contributed by atoms with Crippen molar-refractivity contribution in [2.24, 2.45) is 24.3 Å². The number of para-hydroxylation sites is 1. The summed E-state index contributed by atoms with van der Waals surface area (Å²) in [6, 6.07) is 9.17. The number of ether oxygens (including phenoxy) is 1. The molecule has 2 unspecified atom stereocenters. The molecular formula is C27H34N4O5. The molecule has 4 bridgehead atoms. The highest BCUT2D eigenvalue weighted by molar-refractivity contribution is 5.96. The zero-order valence-electron chi connectivity index (χ0n) is 21.3. The van der Waals surface area contributed by atoms with E-state index in [1.165, 1.54) is 18.5 Å². The normalized spacial score (nSPS) is 29.0. The minimum Gasteiger partial charge on any atom is -0.452 e. The van der Waals surface area contributed by atoms with E-state index in [4.69, 9.17) is 4.74 Å². The van der Waals surface area contributed by atoms with Gasteiger partial charge in [-0.1, -0.05) is 18.2 Å². The van der Waals surface area contributed by atoms with Gasteiger partial charge >= 0.3 is 5.97 Å². The van der Waals surface area contributed by atoms with Crippen LogP contribution in [0.15, 0.2) is 35.1 Å². The molecule has 4 aliphatic carbocycles. The minimum absolute atomic E-state index is 0.0763. The molecule has 192 valence electrons. The Labute approximate surface area is 210 Å². The molecule has 1 aromatic heterocycles. The first-order chi connectivity index (χ1) is 17.0. The van der Waals surface area contributed by atoms with Crippen LogP contribution in [-0.4, -0.2) is 38.8 Å². The highest BCUT2D eigenvalue weighted by Gasteiger charge is 2.61. The van der Waals surface area contributed by atoms with E-state index in [1.54, 1.807) is 18.7 Å². The predicted molar refractivity (Wildman–Crippen MR) is 134 cm³/mol. The Hall–Kier alpha value is -3.36. The fourth-order valence-corrected chi connectivity index (χ4v) is 7.30. The molecule has 2 amide bonds. The van der Waals surface area contributed by atoms with Gasteiger partial charge in [0.15, 0.2) is 6.10 Å². The van der Waals surface area contributed by atoms with Crippen LogP contribution in [-0.2, 0) is 26.2 Å². The zero-order valence-corrected chi connectivity index (χ0v) is 21.3. The smallest absolute Gasteiger partial charge is 0.312 e. The van der Waals surface area contributed by atoms with Crippen molar-refractivity contribution in [3.63, 3.8) is 0 Å². The van der Waals surface area contributed by atoms with E-state index in [-0.39, 0.29) is 28.7 Å². The summed E-state index contributed by atoms with van der Waals surface area (Å²) in [5.74, 6) is -0.250. The van der Waals surface area contributed by atoms with E-state index in [9.17, 15) is 19.2 Å². The topological polar surface area (TPSA) is 111 Å². The average Bonchev–Trinajstić information content (AvgIpc) is 3.00. The van der Waals surface area contributed by atoms with Crippen molar-refractivity contribution in [3.05, 3.63) is 46.4 Å². The third-order valence-corrected chi connectivity index (χ3v) is 8.39. The summed E-state index contributed by atoms with van der Waals surface area (Å²) in [7, 11) is 1.75. The molecule has 4 aliphatic rings. The van der Waals surface area contributed by atoms with E-state index in [0.29, 0.717) is 29.6 Å². The van der Waals surface area contributed by atoms with Crippen molar-refractivity contribution in [2.45, 2.75) is 70.9 Å². The lowest BCUT2D eigenvalue weighted by atomic mass is 9.47. The third kappa shape index (κ3) is 4.04. The Morgan fingerprint density at radius 3 is 2.33 bits per heavy atom. The Morgan fingerprint density at radius 2 is 1.72 bits per heavy atom. The van der Waals surface area contributed by atoms with Crippen molar-refractivity contribution in [3.8, 4) is 5.69 Å². The average molecular weight is 495 g/mol. The molecule has 36 heavy (non-hydrogen) atoms. The lowest BCUT2D eigenvalue weighted by Gasteiger charge is -2.60. The molecule has 1 heterocycles. The lowest BCUT2D eigenvalue weighted by molar-refractivity contribution is -0.181. The van der Waals surface area contributed by atoms with Gasteiger partial charge in [0.25, 0.3) is 11.5 Å². The summed E-state index contributed by atoms with van der Waals surface area (Å²) in [6.45, 7) is 4.81. The van der Waals surface area contributed by atoms with E-state index in [1.807, 2.05) is 30.3 Å². The van der Waals surface area contributed by atoms with E-state index in [2.05, 4.69) is 10.6 Å². The maximum Gasteiger partial charge on any atom is 0.312 e. The highest BCUT2D eigenvalue weighted by Crippen LogP contribution is 2.62. The quantitative estimate of drug-likeness (QED) is 0.600. The molecule has 9 heteroatoms. The SMILES string of the molecule is CC(=O)NC12C[C@H]3C[C@@H](C1)CC(C(=O)O[C@@H](C)C(=O)Nc1c(C)n(C)n(-c4ccccc4)c1=O)(C3)C2. The number of hydrogen-bond acceptors (Lipinski definition) is 5. The molecule has 9 nitrogen and oxygen atoms in total. The van der Waals surface area contributed by atoms with Gasteiger partial charge in [0.05, 0.1) is 16.8 Å². The summed E-state index contributed by atoms with van der Waals surface area (Å²) in [5.41, 5.74) is 0.0468. The number of rotatable bonds is 6. The molecule has 0 spiro atoms. The van der Waals surface area contributed by atoms with Gasteiger partial charge in [-0.3, -0.25) is 23.9 Å². The van der Waals surface area contributed by atoms with Gasteiger partial charge in [0.1, 0.15) is 5.69 Å². The van der Waals surface area contributed by atoms with Crippen molar-refractivity contribution < 1.29 is 19.1 Å². The molecule has 4 fully saturated rings. The minimum atomic E-state index is -1.06. The van der Waals surface area contributed by atoms with Gasteiger partial charge in [-0.05, 0) is 76.3 Å². The van der Waals surface area contributed by atoms with E-state index in [0.717, 1.165) is 32.1 Å². The number of nitrogens with zero attached hydrogens (tertiary/aromatic N) is 2. The predicted octanol–water partition coefficient (Wildman–Crippen LogP) is 2.83. The highest BCUT2D eigenvalue weighted by atomic mass is 16.5. The number of nitrogens with one attached hydrogen (secondary N) is 2. The summed E-state index contributed by atoms with van der Waals surface area (Å²) >= 11 is 0. The van der Waals surface area contributed by atoms with Crippen LogP contribution >= 0.6 is 0 Å². The standard InChI is InChI=1S/C27H34N4O5/c1-16-22(24(34)31(30(16)4)21-8-6-5-7-9-21)28-23(33)17(2)36-25(35)26-11-19-10-20(12-26)14-27(13-19,15-26)29-18(3)32/h5-9,17,19-20H,10-15H2,1-4H3,(H,28,33)(H,29,32)/t17-,19-,20+,26?,27?/m0/s1. The van der Waals surface area contributed by atoms with Crippen LogP contribution in [0.1, 0.15) is 58.1 Å². The molecule has 0 radical (unpaired) electrons. The second-order valence-electron chi connectivity index (χ2n) is 11.2. The van der Waals surface area contributed by atoms with Crippen LogP contribution < -0.4 is 16.2 Å². The molecular weight excluding hydrogens is 460 g/mol. The number of anilines is 1. The molecule has 6 rings (SSSR count). The van der Waals surface area contributed by atoms with Gasteiger partial charge in [-0.2, -0.15) is 0 Å². The zero-order chi connectivity index (χ0) is 25.8. The Kier molecular flexibility index (Phi) is 5.84. The fourth-order valence-electron chi connectivity index (χ4n) is 7.30. The largest absolute Gasteiger partial charge is 0.452 e. The molecule has 2 aromatic rings. The lowest BCUT2D eigenvalue weighted by Crippen LogP contribution is -2.65. The fraction of sp³-hybridized carbons (Fsp3) is 0.556. The number of aromatic nitrogens is 2. The van der Waals surface area contributed by atoms with E-state index >= 15 is 0 Å². The van der Waals surface area contributed by atoms with Crippen molar-refractivity contribution in [2.75, 3.05) is 5.32 Å². The number of esters is 1. The van der Waals surface area contributed by atoms with Crippen molar-refractivity contribution in [1.29, 1.82) is 0 Å². The summed E-state index contributed by atoms with van der Waals surface area (Å²) < 4.78 is 8.91. The van der Waals surface area contributed by atoms with Crippen LogP contribution in [0.5, 0.6) is 0 Å². The second-order valence-corrected chi connectivity index (χ2v) is 11.2. The molecule has 5 atom stereocenters. The Bertz CT molecular complexity index is 1260. The Balaban J connectivity index is 1.31. The maximum atomic E-state index is 13.5. The molecule has 1 aromatic carbocycles. The summed E-state index contributed by atoms with van der Waals surface area (Å²) in [4.78, 5) is 51.6. The molecule has 0 aliphatic heterocycles. The van der Waals surface area contributed by atoms with E-state index < -0.39 is 17.4 Å². The third-order valence-electron chi connectivity index (χ3n) is 8.39. The molecule has 2 N–H and O–H groups in total. The summed E-state index contributed by atoms with van der Waals surface area (Å²) in [5, 5.41) is 5.84. The first kappa shape index (κ1) is 24.3. The first-order valence-corrected chi connectivity index (χ1v) is 12.7. The first-order valence-electron chi connectivity index (χ1n) is 12.7. The monoisotopic (exact) mass is 494 g/mol. The molecule has 0 saturated heterocycles.